The number of nitrogens with one attached hydrogen (secondary N) is 1. The van der Waals surface area contributed by atoms with E-state index in [9.17, 15) is 0 Å². The van der Waals surface area contributed by atoms with Gasteiger partial charge in [0.1, 0.15) is 12.4 Å². The van der Waals surface area contributed by atoms with Gasteiger partial charge in [0.2, 0.25) is 0 Å². The van der Waals surface area contributed by atoms with E-state index in [1.807, 2.05) is 18.2 Å². The molecule has 0 spiro atoms. The molecule has 0 amide bonds. The summed E-state index contributed by atoms with van der Waals surface area (Å²) in [6.07, 6.45) is 1.36. The van der Waals surface area contributed by atoms with Crippen molar-refractivity contribution in [1.29, 1.82) is 0 Å². The smallest absolute Gasteiger partial charge is 0.119 e. The van der Waals surface area contributed by atoms with E-state index in [-0.39, 0.29) is 0 Å². The monoisotopic (exact) mass is 329 g/mol. The summed E-state index contributed by atoms with van der Waals surface area (Å²) in [4.78, 5) is 0. The van der Waals surface area contributed by atoms with Crippen LogP contribution in [0.2, 0.25) is 0 Å². The van der Waals surface area contributed by atoms with Gasteiger partial charge in [0.25, 0.3) is 0 Å². The van der Waals surface area contributed by atoms with E-state index in [0.717, 1.165) is 36.3 Å². The van der Waals surface area contributed by atoms with Crippen LogP contribution in [0.1, 0.15) is 25.8 Å². The third kappa shape index (κ3) is 7.55. The first kappa shape index (κ1) is 16.5. The van der Waals surface area contributed by atoms with Gasteiger partial charge in [0.15, 0.2) is 0 Å². The summed E-state index contributed by atoms with van der Waals surface area (Å²) < 4.78 is 12.3. The van der Waals surface area contributed by atoms with Crippen molar-refractivity contribution in [1.82, 2.24) is 5.32 Å². The van der Waals surface area contributed by atoms with Crippen molar-refractivity contribution in [2.75, 3.05) is 26.3 Å². The molecule has 0 radical (unpaired) electrons. The number of ether oxygens (including phenoxy) is 2. The van der Waals surface area contributed by atoms with Crippen LogP contribution in [0.5, 0.6) is 5.75 Å². The van der Waals surface area contributed by atoms with Gasteiger partial charge in [-0.2, -0.15) is 0 Å². The van der Waals surface area contributed by atoms with Crippen LogP contribution in [-0.4, -0.2) is 32.4 Å². The number of halogens is 1. The third-order valence-electron chi connectivity index (χ3n) is 2.63. The maximum Gasteiger partial charge on any atom is 0.119 e. The highest BCUT2D eigenvalue weighted by molar-refractivity contribution is 9.10. The minimum absolute atomic E-state index is 0.323. The highest BCUT2D eigenvalue weighted by Crippen LogP contribution is 2.21. The van der Waals surface area contributed by atoms with Crippen LogP contribution in [0.3, 0.4) is 0 Å². The Morgan fingerprint density at radius 1 is 1.21 bits per heavy atom. The summed E-state index contributed by atoms with van der Waals surface area (Å²) in [5, 5.41) is 3.34. The molecule has 1 N–H and O–H groups in total. The van der Waals surface area contributed by atoms with Crippen LogP contribution in [0.25, 0.3) is 0 Å². The van der Waals surface area contributed by atoms with Gasteiger partial charge in [-0.25, -0.2) is 0 Å². The zero-order valence-corrected chi connectivity index (χ0v) is 13.6. The van der Waals surface area contributed by atoms with Gasteiger partial charge in [-0.1, -0.05) is 15.9 Å². The molecular weight excluding hydrogens is 306 g/mol. The largest absolute Gasteiger partial charge is 0.492 e. The standard InChI is InChI=1S/C15H24BrNO2/c1-12(2)18-9-4-7-17-8-10-19-14-5-6-15(16)13(3)11-14/h5-6,11-12,17H,4,7-10H2,1-3H3. The maximum absolute atomic E-state index is 5.67. The van der Waals surface area contributed by atoms with Crippen molar-refractivity contribution >= 4 is 15.9 Å². The van der Waals surface area contributed by atoms with Gasteiger partial charge in [0.05, 0.1) is 6.10 Å². The summed E-state index contributed by atoms with van der Waals surface area (Å²) in [6.45, 7) is 9.50. The molecule has 4 heteroatoms. The van der Waals surface area contributed by atoms with Crippen molar-refractivity contribution < 1.29 is 9.47 Å². The summed E-state index contributed by atoms with van der Waals surface area (Å²) in [5.74, 6) is 0.922. The number of hydrogen-bond acceptors (Lipinski definition) is 3. The van der Waals surface area contributed by atoms with E-state index >= 15 is 0 Å². The molecule has 108 valence electrons. The molecule has 0 saturated heterocycles. The number of benzene rings is 1. The lowest BCUT2D eigenvalue weighted by molar-refractivity contribution is 0.0770. The fraction of sp³-hybridized carbons (Fsp3) is 0.600. The van der Waals surface area contributed by atoms with Gasteiger partial charge < -0.3 is 14.8 Å². The Bertz CT molecular complexity index is 369. The van der Waals surface area contributed by atoms with E-state index in [1.165, 1.54) is 5.56 Å². The van der Waals surface area contributed by atoms with Gasteiger partial charge in [-0.05, 0) is 57.5 Å². The fourth-order valence-electron chi connectivity index (χ4n) is 1.59. The van der Waals surface area contributed by atoms with E-state index in [0.29, 0.717) is 12.7 Å². The molecular formula is C15H24BrNO2. The van der Waals surface area contributed by atoms with Crippen molar-refractivity contribution in [3.05, 3.63) is 28.2 Å². The molecule has 0 aliphatic heterocycles. The van der Waals surface area contributed by atoms with Gasteiger partial charge >= 0.3 is 0 Å². The molecule has 19 heavy (non-hydrogen) atoms. The lowest BCUT2D eigenvalue weighted by atomic mass is 10.2. The van der Waals surface area contributed by atoms with E-state index in [4.69, 9.17) is 9.47 Å². The van der Waals surface area contributed by atoms with E-state index < -0.39 is 0 Å². The second kappa shape index (κ2) is 9.34. The van der Waals surface area contributed by atoms with Crippen LogP contribution in [0.4, 0.5) is 0 Å². The van der Waals surface area contributed by atoms with Crippen LogP contribution in [0, 0.1) is 6.92 Å². The molecule has 0 unspecified atom stereocenters. The molecule has 1 aromatic rings. The Kier molecular flexibility index (Phi) is 8.10. The molecule has 1 rings (SSSR count). The SMILES string of the molecule is Cc1cc(OCCNCCCOC(C)C)ccc1Br. The second-order valence-electron chi connectivity index (χ2n) is 4.78. The second-order valence-corrected chi connectivity index (χ2v) is 5.64. The van der Waals surface area contributed by atoms with Crippen LogP contribution >= 0.6 is 15.9 Å². The lowest BCUT2D eigenvalue weighted by Crippen LogP contribution is -2.23. The molecule has 0 atom stereocenters. The molecule has 3 nitrogen and oxygen atoms in total. The molecule has 0 fully saturated rings. The first-order valence-electron chi connectivity index (χ1n) is 6.81. The summed E-state index contributed by atoms with van der Waals surface area (Å²) in [7, 11) is 0. The minimum Gasteiger partial charge on any atom is -0.492 e. The van der Waals surface area contributed by atoms with Crippen LogP contribution in [-0.2, 0) is 4.74 Å². The predicted octanol–water partition coefficient (Wildman–Crippen LogP) is 3.54. The molecule has 0 saturated carbocycles. The van der Waals surface area contributed by atoms with Gasteiger partial charge in [-0.15, -0.1) is 0 Å². The highest BCUT2D eigenvalue weighted by atomic mass is 79.9. The van der Waals surface area contributed by atoms with Crippen LogP contribution in [0.15, 0.2) is 22.7 Å². The van der Waals surface area contributed by atoms with Crippen molar-refractivity contribution in [3.63, 3.8) is 0 Å². The molecule has 1 aromatic carbocycles. The molecule has 0 bridgehead atoms. The summed E-state index contributed by atoms with van der Waals surface area (Å²) in [6, 6.07) is 6.04. The first-order valence-corrected chi connectivity index (χ1v) is 7.60. The third-order valence-corrected chi connectivity index (χ3v) is 3.52. The normalized spacial score (nSPS) is 11.0. The number of hydrogen-bond donors (Lipinski definition) is 1. The van der Waals surface area contributed by atoms with E-state index in [2.05, 4.69) is 42.0 Å². The van der Waals surface area contributed by atoms with Crippen LogP contribution < -0.4 is 10.1 Å². The average molecular weight is 330 g/mol. The van der Waals surface area contributed by atoms with E-state index in [1.54, 1.807) is 0 Å². The molecule has 0 heterocycles. The molecule has 0 aliphatic carbocycles. The number of aryl methyl sites for hydroxylation is 1. The zero-order chi connectivity index (χ0) is 14.1. The highest BCUT2D eigenvalue weighted by Gasteiger charge is 1.98. The minimum atomic E-state index is 0.323. The topological polar surface area (TPSA) is 30.5 Å². The lowest BCUT2D eigenvalue weighted by Gasteiger charge is -2.10. The Balaban J connectivity index is 2.03. The molecule has 0 aliphatic rings. The Morgan fingerprint density at radius 2 is 2.00 bits per heavy atom. The summed E-state index contributed by atoms with van der Waals surface area (Å²) in [5.41, 5.74) is 1.19. The Hall–Kier alpha value is -0.580. The average Bonchev–Trinajstić information content (AvgIpc) is 2.36. The predicted molar refractivity (Wildman–Crippen MR) is 82.9 cm³/mol. The summed E-state index contributed by atoms with van der Waals surface area (Å²) >= 11 is 3.48. The Labute approximate surface area is 124 Å². The number of rotatable bonds is 9. The van der Waals surface area contributed by atoms with Gasteiger partial charge in [-0.3, -0.25) is 0 Å². The first-order chi connectivity index (χ1) is 9.09. The molecule has 0 aromatic heterocycles. The quantitative estimate of drug-likeness (QED) is 0.703. The fourth-order valence-corrected chi connectivity index (χ4v) is 1.84. The van der Waals surface area contributed by atoms with Gasteiger partial charge in [0, 0.05) is 17.6 Å². The zero-order valence-electron chi connectivity index (χ0n) is 12.0. The van der Waals surface area contributed by atoms with Crippen molar-refractivity contribution in [3.8, 4) is 5.75 Å². The van der Waals surface area contributed by atoms with Crippen molar-refractivity contribution in [2.24, 2.45) is 0 Å². The maximum atomic E-state index is 5.67. The Morgan fingerprint density at radius 3 is 2.68 bits per heavy atom. The van der Waals surface area contributed by atoms with Crippen molar-refractivity contribution in [2.45, 2.75) is 33.3 Å².